The molecule has 2 aromatic rings. The van der Waals surface area contributed by atoms with Crippen LogP contribution in [0.1, 0.15) is 43.4 Å². The van der Waals surface area contributed by atoms with E-state index in [2.05, 4.69) is 21.7 Å². The van der Waals surface area contributed by atoms with Gasteiger partial charge in [-0.1, -0.05) is 42.0 Å². The van der Waals surface area contributed by atoms with Crippen LogP contribution < -0.4 is 10.6 Å². The second-order valence-electron chi connectivity index (χ2n) is 6.74. The maximum Gasteiger partial charge on any atom is 0.230 e. The van der Waals surface area contributed by atoms with Gasteiger partial charge in [0, 0.05) is 11.9 Å². The average Bonchev–Trinajstić information content (AvgIpc) is 3.10. The molecule has 5 nitrogen and oxygen atoms in total. The smallest absolute Gasteiger partial charge is 0.230 e. The summed E-state index contributed by atoms with van der Waals surface area (Å²) < 4.78 is 0. The van der Waals surface area contributed by atoms with Crippen molar-refractivity contribution >= 4 is 28.3 Å². The minimum absolute atomic E-state index is 0.0288. The molecule has 27 heavy (non-hydrogen) atoms. The summed E-state index contributed by atoms with van der Waals surface area (Å²) >= 11 is 1.34. The van der Waals surface area contributed by atoms with Gasteiger partial charge in [0.25, 0.3) is 0 Å². The van der Waals surface area contributed by atoms with E-state index < -0.39 is 0 Å². The fourth-order valence-corrected chi connectivity index (χ4v) is 3.84. The van der Waals surface area contributed by atoms with Crippen molar-refractivity contribution in [3.8, 4) is 0 Å². The Hall–Kier alpha value is -2.47. The summed E-state index contributed by atoms with van der Waals surface area (Å²) in [5.41, 5.74) is 3.10. The molecule has 0 bridgehead atoms. The van der Waals surface area contributed by atoms with Gasteiger partial charge >= 0.3 is 0 Å². The summed E-state index contributed by atoms with van der Waals surface area (Å²) in [6.45, 7) is 0.676. The van der Waals surface area contributed by atoms with Crippen LogP contribution in [0.3, 0.4) is 0 Å². The molecule has 0 spiro atoms. The van der Waals surface area contributed by atoms with Gasteiger partial charge in [-0.3, -0.25) is 9.59 Å². The lowest BCUT2D eigenvalue weighted by Gasteiger charge is -2.12. The Labute approximate surface area is 163 Å². The van der Waals surface area contributed by atoms with Gasteiger partial charge in [-0.05, 0) is 37.7 Å². The number of hydrogen-bond acceptors (Lipinski definition) is 4. The minimum atomic E-state index is -0.104. The van der Waals surface area contributed by atoms with Crippen molar-refractivity contribution in [3.05, 3.63) is 58.6 Å². The zero-order chi connectivity index (χ0) is 18.9. The van der Waals surface area contributed by atoms with E-state index in [1.54, 1.807) is 0 Å². The van der Waals surface area contributed by atoms with Crippen LogP contribution in [0.2, 0.25) is 0 Å². The number of nitrogens with zero attached hydrogens (tertiary/aromatic N) is 1. The molecule has 2 amide bonds. The van der Waals surface area contributed by atoms with Crippen LogP contribution >= 0.6 is 11.3 Å². The Morgan fingerprint density at radius 1 is 1.07 bits per heavy atom. The van der Waals surface area contributed by atoms with E-state index in [1.165, 1.54) is 36.2 Å². The number of anilines is 1. The highest BCUT2D eigenvalue weighted by molar-refractivity contribution is 7.13. The summed E-state index contributed by atoms with van der Waals surface area (Å²) in [5.74, 6) is -0.133. The number of carbonyl (C=O) groups is 2. The van der Waals surface area contributed by atoms with Crippen molar-refractivity contribution in [3.63, 3.8) is 0 Å². The fraction of sp³-hybridized carbons (Fsp3) is 0.381. The molecule has 0 aliphatic heterocycles. The van der Waals surface area contributed by atoms with E-state index >= 15 is 0 Å². The molecule has 2 N–H and O–H groups in total. The minimum Gasteiger partial charge on any atom is -0.355 e. The molecule has 0 saturated carbocycles. The zero-order valence-corrected chi connectivity index (χ0v) is 16.2. The first-order valence-corrected chi connectivity index (χ1v) is 10.3. The standard InChI is InChI=1S/C21H25N3O2S/c25-19(22-12-11-16-7-3-1-4-8-16)14-18-15-27-21(23-18)24-20(26)13-17-9-5-2-6-10-17/h2,5-7,9-10,15H,1,3-4,8,11-14H2,(H,22,25)(H,23,24,26). The van der Waals surface area contributed by atoms with Crippen molar-refractivity contribution in [2.24, 2.45) is 0 Å². The number of carbonyl (C=O) groups excluding carboxylic acids is 2. The van der Waals surface area contributed by atoms with Crippen molar-refractivity contribution in [2.45, 2.75) is 44.9 Å². The number of amides is 2. The maximum absolute atomic E-state index is 12.1. The van der Waals surface area contributed by atoms with Crippen molar-refractivity contribution in [2.75, 3.05) is 11.9 Å². The first-order chi connectivity index (χ1) is 13.2. The molecule has 3 rings (SSSR count). The predicted molar refractivity (Wildman–Crippen MR) is 109 cm³/mol. The van der Waals surface area contributed by atoms with Gasteiger partial charge in [0.15, 0.2) is 5.13 Å². The SMILES string of the molecule is O=C(Cc1csc(NC(=O)Cc2ccccc2)n1)NCCC1=CCCCC1. The second kappa shape index (κ2) is 10.0. The third kappa shape index (κ3) is 6.64. The molecule has 0 radical (unpaired) electrons. The Kier molecular flexibility index (Phi) is 7.16. The first kappa shape index (κ1) is 19.3. The Balaban J connectivity index is 1.40. The Morgan fingerprint density at radius 2 is 1.93 bits per heavy atom. The zero-order valence-electron chi connectivity index (χ0n) is 15.4. The predicted octanol–water partition coefficient (Wildman–Crippen LogP) is 3.87. The summed E-state index contributed by atoms with van der Waals surface area (Å²) in [6.07, 6.45) is 8.66. The van der Waals surface area contributed by atoms with E-state index in [-0.39, 0.29) is 18.2 Å². The normalized spacial score (nSPS) is 13.7. The van der Waals surface area contributed by atoms with Crippen LogP contribution in [-0.2, 0) is 22.4 Å². The van der Waals surface area contributed by atoms with Gasteiger partial charge in [0.05, 0.1) is 18.5 Å². The van der Waals surface area contributed by atoms with Gasteiger partial charge in [0.2, 0.25) is 11.8 Å². The highest BCUT2D eigenvalue weighted by atomic mass is 32.1. The number of nitrogens with one attached hydrogen (secondary N) is 2. The van der Waals surface area contributed by atoms with Crippen molar-refractivity contribution < 1.29 is 9.59 Å². The Bertz CT molecular complexity index is 799. The third-order valence-corrected chi connectivity index (χ3v) is 5.31. The monoisotopic (exact) mass is 383 g/mol. The molecule has 1 heterocycles. The van der Waals surface area contributed by atoms with E-state index in [4.69, 9.17) is 0 Å². The van der Waals surface area contributed by atoms with E-state index in [0.717, 1.165) is 18.4 Å². The van der Waals surface area contributed by atoms with Crippen LogP contribution in [0.25, 0.3) is 0 Å². The van der Waals surface area contributed by atoms with E-state index in [9.17, 15) is 9.59 Å². The molecule has 142 valence electrons. The van der Waals surface area contributed by atoms with E-state index in [1.807, 2.05) is 35.7 Å². The lowest BCUT2D eigenvalue weighted by molar-refractivity contribution is -0.120. The lowest BCUT2D eigenvalue weighted by Crippen LogP contribution is -2.26. The van der Waals surface area contributed by atoms with Crippen molar-refractivity contribution in [1.82, 2.24) is 10.3 Å². The summed E-state index contributed by atoms with van der Waals surface area (Å²) in [4.78, 5) is 28.5. The molecular weight excluding hydrogens is 358 g/mol. The Morgan fingerprint density at radius 3 is 2.70 bits per heavy atom. The second-order valence-corrected chi connectivity index (χ2v) is 7.60. The molecule has 0 unspecified atom stereocenters. The first-order valence-electron chi connectivity index (χ1n) is 9.42. The quantitative estimate of drug-likeness (QED) is 0.680. The summed E-state index contributed by atoms with van der Waals surface area (Å²) in [6, 6.07) is 9.58. The molecule has 1 aromatic carbocycles. The molecule has 0 saturated heterocycles. The number of thiazole rings is 1. The highest BCUT2D eigenvalue weighted by Crippen LogP contribution is 2.19. The van der Waals surface area contributed by atoms with Gasteiger partial charge in [-0.2, -0.15) is 0 Å². The highest BCUT2D eigenvalue weighted by Gasteiger charge is 2.11. The van der Waals surface area contributed by atoms with Gasteiger partial charge in [-0.25, -0.2) is 4.98 Å². The van der Waals surface area contributed by atoms with Gasteiger partial charge in [-0.15, -0.1) is 11.3 Å². The maximum atomic E-state index is 12.1. The molecule has 1 aliphatic carbocycles. The molecule has 1 aliphatic rings. The number of rotatable bonds is 8. The molecule has 1 aromatic heterocycles. The number of allylic oxidation sites excluding steroid dienone is 1. The van der Waals surface area contributed by atoms with Crippen LogP contribution in [0.5, 0.6) is 0 Å². The van der Waals surface area contributed by atoms with Crippen LogP contribution in [-0.4, -0.2) is 23.3 Å². The molecule has 6 heteroatoms. The van der Waals surface area contributed by atoms with Crippen molar-refractivity contribution in [1.29, 1.82) is 0 Å². The summed E-state index contributed by atoms with van der Waals surface area (Å²) in [7, 11) is 0. The lowest BCUT2D eigenvalue weighted by atomic mass is 9.97. The average molecular weight is 384 g/mol. The van der Waals surface area contributed by atoms with Gasteiger partial charge < -0.3 is 10.6 Å². The van der Waals surface area contributed by atoms with E-state index in [0.29, 0.717) is 23.8 Å². The number of hydrogen-bond donors (Lipinski definition) is 2. The number of aromatic nitrogens is 1. The molecular formula is C21H25N3O2S. The van der Waals surface area contributed by atoms with Crippen LogP contribution in [0.15, 0.2) is 47.4 Å². The summed E-state index contributed by atoms with van der Waals surface area (Å²) in [5, 5.41) is 8.11. The van der Waals surface area contributed by atoms with Gasteiger partial charge in [0.1, 0.15) is 0 Å². The third-order valence-electron chi connectivity index (χ3n) is 4.50. The topological polar surface area (TPSA) is 71.1 Å². The van der Waals surface area contributed by atoms with Crippen LogP contribution in [0, 0.1) is 0 Å². The number of benzene rings is 1. The largest absolute Gasteiger partial charge is 0.355 e. The molecule has 0 fully saturated rings. The molecule has 0 atom stereocenters. The fourth-order valence-electron chi connectivity index (χ4n) is 3.11. The van der Waals surface area contributed by atoms with Crippen LogP contribution in [0.4, 0.5) is 5.13 Å².